The van der Waals surface area contributed by atoms with E-state index in [0.717, 1.165) is 18.2 Å². The molecule has 0 aliphatic heterocycles. The molecule has 0 heterocycles. The summed E-state index contributed by atoms with van der Waals surface area (Å²) in [7, 11) is 1.20. The van der Waals surface area contributed by atoms with Crippen LogP contribution in [0.3, 0.4) is 0 Å². The van der Waals surface area contributed by atoms with Crippen molar-refractivity contribution in [3.8, 4) is 0 Å². The first-order chi connectivity index (χ1) is 8.45. The van der Waals surface area contributed by atoms with Gasteiger partial charge in [0.15, 0.2) is 0 Å². The molecule has 0 aromatic heterocycles. The van der Waals surface area contributed by atoms with E-state index in [9.17, 15) is 18.4 Å². The molecule has 1 aromatic carbocycles. The van der Waals surface area contributed by atoms with Gasteiger partial charge in [-0.3, -0.25) is 9.59 Å². The molecule has 1 N–H and O–H groups in total. The molecule has 0 saturated heterocycles. The van der Waals surface area contributed by atoms with Crippen molar-refractivity contribution in [2.24, 2.45) is 0 Å². The number of alkyl halides is 1. The van der Waals surface area contributed by atoms with E-state index in [1.807, 2.05) is 0 Å². The SMILES string of the molecule is COC(=O)C(Br)CNC(=O)c1cc(F)ccc1F. The van der Waals surface area contributed by atoms with Crippen molar-refractivity contribution in [2.75, 3.05) is 13.7 Å². The Morgan fingerprint density at radius 1 is 1.44 bits per heavy atom. The summed E-state index contributed by atoms with van der Waals surface area (Å²) in [5.41, 5.74) is -0.417. The second kappa shape index (κ2) is 6.44. The number of benzene rings is 1. The summed E-state index contributed by atoms with van der Waals surface area (Å²) in [6.07, 6.45) is 0. The van der Waals surface area contributed by atoms with Gasteiger partial charge in [-0.15, -0.1) is 0 Å². The lowest BCUT2D eigenvalue weighted by Crippen LogP contribution is -2.34. The minimum Gasteiger partial charge on any atom is -0.468 e. The maximum Gasteiger partial charge on any atom is 0.321 e. The van der Waals surface area contributed by atoms with Crippen molar-refractivity contribution >= 4 is 27.8 Å². The predicted octanol–water partition coefficient (Wildman–Crippen LogP) is 1.63. The maximum atomic E-state index is 13.2. The first kappa shape index (κ1) is 14.6. The number of halogens is 3. The fourth-order valence-corrected chi connectivity index (χ4v) is 1.51. The molecule has 1 amide bonds. The summed E-state index contributed by atoms with van der Waals surface area (Å²) in [5.74, 6) is -2.93. The maximum absolute atomic E-state index is 13.2. The fourth-order valence-electron chi connectivity index (χ4n) is 1.16. The minimum absolute atomic E-state index is 0.0958. The smallest absolute Gasteiger partial charge is 0.321 e. The molecule has 0 saturated carbocycles. The van der Waals surface area contributed by atoms with Gasteiger partial charge in [0.1, 0.15) is 16.5 Å². The monoisotopic (exact) mass is 321 g/mol. The van der Waals surface area contributed by atoms with Gasteiger partial charge in [0.2, 0.25) is 0 Å². The van der Waals surface area contributed by atoms with Crippen molar-refractivity contribution in [3.05, 3.63) is 35.4 Å². The Kier molecular flexibility index (Phi) is 5.21. The van der Waals surface area contributed by atoms with E-state index in [0.29, 0.717) is 0 Å². The molecular formula is C11H10BrF2NO3. The third kappa shape index (κ3) is 3.76. The first-order valence-electron chi connectivity index (χ1n) is 4.91. The van der Waals surface area contributed by atoms with Crippen LogP contribution in [0, 0.1) is 11.6 Å². The molecule has 7 heteroatoms. The zero-order chi connectivity index (χ0) is 13.7. The van der Waals surface area contributed by atoms with Gasteiger partial charge in [0.25, 0.3) is 5.91 Å². The van der Waals surface area contributed by atoms with Gasteiger partial charge >= 0.3 is 5.97 Å². The van der Waals surface area contributed by atoms with E-state index in [-0.39, 0.29) is 6.54 Å². The van der Waals surface area contributed by atoms with Crippen LogP contribution >= 0.6 is 15.9 Å². The van der Waals surface area contributed by atoms with Crippen LogP contribution in [0.5, 0.6) is 0 Å². The number of esters is 1. The first-order valence-corrected chi connectivity index (χ1v) is 5.82. The molecule has 98 valence electrons. The average molecular weight is 322 g/mol. The number of amides is 1. The van der Waals surface area contributed by atoms with Crippen molar-refractivity contribution in [3.63, 3.8) is 0 Å². The number of rotatable bonds is 4. The Morgan fingerprint density at radius 2 is 2.11 bits per heavy atom. The third-order valence-electron chi connectivity index (χ3n) is 2.07. The summed E-state index contributed by atoms with van der Waals surface area (Å²) in [5, 5.41) is 2.29. The normalized spacial score (nSPS) is 11.8. The molecule has 1 aromatic rings. The van der Waals surface area contributed by atoms with E-state index >= 15 is 0 Å². The Morgan fingerprint density at radius 3 is 2.72 bits per heavy atom. The number of methoxy groups -OCH3 is 1. The quantitative estimate of drug-likeness (QED) is 0.677. The molecule has 1 rings (SSSR count). The Labute approximate surface area is 110 Å². The fraction of sp³-hybridized carbons (Fsp3) is 0.273. The highest BCUT2D eigenvalue weighted by Gasteiger charge is 2.18. The molecular weight excluding hydrogens is 312 g/mol. The lowest BCUT2D eigenvalue weighted by molar-refractivity contribution is -0.139. The minimum atomic E-state index is -0.835. The molecule has 18 heavy (non-hydrogen) atoms. The standard InChI is InChI=1S/C11H10BrF2NO3/c1-18-11(17)8(12)5-15-10(16)7-4-6(13)2-3-9(7)14/h2-4,8H,5H2,1H3,(H,15,16). The number of carbonyl (C=O) groups excluding carboxylic acids is 2. The molecule has 0 aliphatic rings. The number of carbonyl (C=O) groups is 2. The van der Waals surface area contributed by atoms with Gasteiger partial charge in [0.05, 0.1) is 12.7 Å². The second-order valence-corrected chi connectivity index (χ2v) is 4.43. The van der Waals surface area contributed by atoms with Crippen molar-refractivity contribution in [1.29, 1.82) is 0 Å². The topological polar surface area (TPSA) is 55.4 Å². The largest absolute Gasteiger partial charge is 0.468 e. The van der Waals surface area contributed by atoms with Crippen LogP contribution < -0.4 is 5.32 Å². The van der Waals surface area contributed by atoms with E-state index in [1.165, 1.54) is 7.11 Å². The third-order valence-corrected chi connectivity index (χ3v) is 2.77. The van der Waals surface area contributed by atoms with Crippen LogP contribution in [-0.4, -0.2) is 30.4 Å². The number of hydrogen-bond donors (Lipinski definition) is 1. The molecule has 0 bridgehead atoms. The van der Waals surface area contributed by atoms with E-state index < -0.39 is 33.9 Å². The number of nitrogens with one attached hydrogen (secondary N) is 1. The van der Waals surface area contributed by atoms with E-state index in [4.69, 9.17) is 0 Å². The van der Waals surface area contributed by atoms with Gasteiger partial charge in [-0.25, -0.2) is 8.78 Å². The zero-order valence-corrected chi connectivity index (χ0v) is 11.0. The zero-order valence-electron chi connectivity index (χ0n) is 9.38. The molecule has 0 radical (unpaired) electrons. The summed E-state index contributed by atoms with van der Waals surface area (Å²) < 4.78 is 30.5. The summed E-state index contributed by atoms with van der Waals surface area (Å²) in [6.45, 7) is -0.0958. The molecule has 0 spiro atoms. The summed E-state index contributed by atoms with van der Waals surface area (Å²) in [4.78, 5) is 21.8. The lowest BCUT2D eigenvalue weighted by atomic mass is 10.2. The summed E-state index contributed by atoms with van der Waals surface area (Å²) in [6, 6.07) is 2.55. The van der Waals surface area contributed by atoms with Crippen LogP contribution in [0.4, 0.5) is 8.78 Å². The Hall–Kier alpha value is -1.50. The van der Waals surface area contributed by atoms with Crippen molar-refractivity contribution in [1.82, 2.24) is 5.32 Å². The Balaban J connectivity index is 2.66. The van der Waals surface area contributed by atoms with Gasteiger partial charge in [0, 0.05) is 6.54 Å². The van der Waals surface area contributed by atoms with Crippen molar-refractivity contribution in [2.45, 2.75) is 4.83 Å². The van der Waals surface area contributed by atoms with Gasteiger partial charge in [-0.1, -0.05) is 15.9 Å². The molecule has 0 fully saturated rings. The highest BCUT2D eigenvalue weighted by atomic mass is 79.9. The van der Waals surface area contributed by atoms with Crippen LogP contribution in [-0.2, 0) is 9.53 Å². The number of ether oxygens (including phenoxy) is 1. The van der Waals surface area contributed by atoms with Gasteiger partial charge in [-0.2, -0.15) is 0 Å². The van der Waals surface area contributed by atoms with Gasteiger partial charge < -0.3 is 10.1 Å². The van der Waals surface area contributed by atoms with Crippen LogP contribution in [0.1, 0.15) is 10.4 Å². The highest BCUT2D eigenvalue weighted by Crippen LogP contribution is 2.09. The average Bonchev–Trinajstić information content (AvgIpc) is 2.37. The Bertz CT molecular complexity index is 468. The molecule has 1 atom stereocenters. The van der Waals surface area contributed by atoms with E-state index in [2.05, 4.69) is 26.0 Å². The molecule has 1 unspecified atom stereocenters. The van der Waals surface area contributed by atoms with Crippen molar-refractivity contribution < 1.29 is 23.1 Å². The number of hydrogen-bond acceptors (Lipinski definition) is 3. The van der Waals surface area contributed by atoms with Crippen LogP contribution in [0.15, 0.2) is 18.2 Å². The molecule has 4 nitrogen and oxygen atoms in total. The van der Waals surface area contributed by atoms with E-state index in [1.54, 1.807) is 0 Å². The molecule has 0 aliphatic carbocycles. The van der Waals surface area contributed by atoms with Crippen LogP contribution in [0.2, 0.25) is 0 Å². The summed E-state index contributed by atoms with van der Waals surface area (Å²) >= 11 is 2.98. The lowest BCUT2D eigenvalue weighted by Gasteiger charge is -2.09. The highest BCUT2D eigenvalue weighted by molar-refractivity contribution is 9.10. The second-order valence-electron chi connectivity index (χ2n) is 3.32. The van der Waals surface area contributed by atoms with Crippen LogP contribution in [0.25, 0.3) is 0 Å². The van der Waals surface area contributed by atoms with Gasteiger partial charge in [-0.05, 0) is 18.2 Å². The predicted molar refractivity (Wildman–Crippen MR) is 63.4 cm³/mol.